The summed E-state index contributed by atoms with van der Waals surface area (Å²) in [5.74, 6) is 0.394. The maximum atomic E-state index is 9.42. The number of rotatable bonds is 7. The van der Waals surface area contributed by atoms with Crippen LogP contribution < -0.4 is 0 Å². The van der Waals surface area contributed by atoms with Crippen LogP contribution >= 0.6 is 11.6 Å². The summed E-state index contributed by atoms with van der Waals surface area (Å²) in [6, 6.07) is 8.10. The predicted molar refractivity (Wildman–Crippen MR) is 105 cm³/mol. The van der Waals surface area contributed by atoms with Gasteiger partial charge in [0.25, 0.3) is 0 Å². The van der Waals surface area contributed by atoms with Crippen LogP contribution in [0.5, 0.6) is 0 Å². The molecule has 0 saturated carbocycles. The van der Waals surface area contributed by atoms with E-state index in [0.717, 1.165) is 42.9 Å². The quantitative estimate of drug-likeness (QED) is 0.747. The van der Waals surface area contributed by atoms with Crippen LogP contribution in [0.3, 0.4) is 0 Å². The third-order valence-corrected chi connectivity index (χ3v) is 5.65. The number of halogens is 1. The van der Waals surface area contributed by atoms with E-state index < -0.39 is 0 Å². The maximum Gasteiger partial charge on any atom is 0.0973 e. The van der Waals surface area contributed by atoms with Gasteiger partial charge in [-0.3, -0.25) is 4.90 Å². The van der Waals surface area contributed by atoms with Gasteiger partial charge in [0.2, 0.25) is 0 Å². The summed E-state index contributed by atoms with van der Waals surface area (Å²) in [6.07, 6.45) is 4.29. The van der Waals surface area contributed by atoms with Gasteiger partial charge in [-0.15, -0.1) is 0 Å². The molecule has 1 aromatic rings. The predicted octanol–water partition coefficient (Wildman–Crippen LogP) is 4.85. The molecular formula is C21H34ClNO2. The molecule has 0 spiro atoms. The Labute approximate surface area is 158 Å². The Balaban J connectivity index is 2.41. The highest BCUT2D eigenvalue weighted by Crippen LogP contribution is 2.44. The molecule has 1 aliphatic rings. The van der Waals surface area contributed by atoms with Crippen molar-refractivity contribution in [2.45, 2.75) is 64.5 Å². The van der Waals surface area contributed by atoms with Crippen molar-refractivity contribution in [1.29, 1.82) is 0 Å². The molecule has 1 aliphatic heterocycles. The van der Waals surface area contributed by atoms with E-state index in [2.05, 4.69) is 38.7 Å². The van der Waals surface area contributed by atoms with Crippen LogP contribution in [0.4, 0.5) is 0 Å². The van der Waals surface area contributed by atoms with Crippen LogP contribution in [0.25, 0.3) is 0 Å². The number of hydrogen-bond donors (Lipinski definition) is 1. The van der Waals surface area contributed by atoms with E-state index in [1.54, 1.807) is 0 Å². The van der Waals surface area contributed by atoms with E-state index in [1.807, 2.05) is 18.2 Å². The first-order valence-corrected chi connectivity index (χ1v) is 9.97. The molecule has 2 atom stereocenters. The normalized spacial score (nSPS) is 21.9. The zero-order valence-electron chi connectivity index (χ0n) is 16.2. The van der Waals surface area contributed by atoms with Crippen molar-refractivity contribution in [3.63, 3.8) is 0 Å². The van der Waals surface area contributed by atoms with Gasteiger partial charge in [-0.25, -0.2) is 0 Å². The highest BCUT2D eigenvalue weighted by Gasteiger charge is 2.44. The summed E-state index contributed by atoms with van der Waals surface area (Å²) in [5.41, 5.74) is 0.921. The number of nitrogens with zero attached hydrogens (tertiary/aromatic N) is 1. The van der Waals surface area contributed by atoms with Gasteiger partial charge < -0.3 is 9.84 Å². The smallest absolute Gasteiger partial charge is 0.0973 e. The van der Waals surface area contributed by atoms with Gasteiger partial charge in [-0.1, -0.05) is 37.1 Å². The minimum Gasteiger partial charge on any atom is -0.394 e. The molecule has 0 aliphatic carbocycles. The fourth-order valence-corrected chi connectivity index (χ4v) is 4.37. The van der Waals surface area contributed by atoms with E-state index in [-0.39, 0.29) is 17.7 Å². The van der Waals surface area contributed by atoms with Gasteiger partial charge in [0.15, 0.2) is 0 Å². The minimum absolute atomic E-state index is 0.0434. The molecule has 0 radical (unpaired) electrons. The molecule has 4 heteroatoms. The van der Waals surface area contributed by atoms with Crippen molar-refractivity contribution < 1.29 is 9.84 Å². The van der Waals surface area contributed by atoms with Crippen molar-refractivity contribution in [3.05, 3.63) is 34.9 Å². The van der Waals surface area contributed by atoms with E-state index in [9.17, 15) is 5.11 Å². The summed E-state index contributed by atoms with van der Waals surface area (Å²) in [4.78, 5) is 2.57. The number of likely N-dealkylation sites (tertiary alicyclic amines) is 1. The summed E-state index contributed by atoms with van der Waals surface area (Å²) in [5, 5.41) is 10.2. The molecule has 142 valence electrons. The highest BCUT2D eigenvalue weighted by molar-refractivity contribution is 6.30. The lowest BCUT2D eigenvalue weighted by Gasteiger charge is -2.49. The number of ether oxygens (including phenoxy) is 1. The van der Waals surface area contributed by atoms with Gasteiger partial charge >= 0.3 is 0 Å². The van der Waals surface area contributed by atoms with Gasteiger partial charge in [0.05, 0.1) is 18.8 Å². The van der Waals surface area contributed by atoms with Crippen LogP contribution in [-0.4, -0.2) is 41.8 Å². The lowest BCUT2D eigenvalue weighted by Crippen LogP contribution is -2.53. The highest BCUT2D eigenvalue weighted by atomic mass is 35.5. The Morgan fingerprint density at radius 3 is 2.68 bits per heavy atom. The Hall–Kier alpha value is -0.610. The first kappa shape index (κ1) is 20.7. The molecule has 1 N–H and O–H groups in total. The third kappa shape index (κ3) is 4.97. The molecule has 1 saturated heterocycles. The number of benzene rings is 1. The maximum absolute atomic E-state index is 9.42. The Morgan fingerprint density at radius 1 is 1.32 bits per heavy atom. The van der Waals surface area contributed by atoms with Crippen LogP contribution in [0.15, 0.2) is 24.3 Å². The van der Waals surface area contributed by atoms with Crippen LogP contribution in [0.2, 0.25) is 5.02 Å². The molecular weight excluding hydrogens is 334 g/mol. The van der Waals surface area contributed by atoms with Crippen molar-refractivity contribution in [3.8, 4) is 0 Å². The molecule has 0 unspecified atom stereocenters. The fourth-order valence-electron chi connectivity index (χ4n) is 4.18. The first-order chi connectivity index (χ1) is 11.8. The SMILES string of the molecule is CCC[C@](OCCO)(c1cccc(Cl)c1)[C@@H]1CCCN(C(C)(C)C)C1. The minimum atomic E-state index is -0.383. The Kier molecular flexibility index (Phi) is 7.33. The molecule has 25 heavy (non-hydrogen) atoms. The number of piperidine rings is 1. The van der Waals surface area contributed by atoms with Gasteiger partial charge in [-0.2, -0.15) is 0 Å². The zero-order chi connectivity index (χ0) is 18.5. The second-order valence-corrected chi connectivity index (χ2v) is 8.61. The number of aliphatic hydroxyl groups excluding tert-OH is 1. The monoisotopic (exact) mass is 367 g/mol. The number of aliphatic hydroxyl groups is 1. The van der Waals surface area contributed by atoms with Gasteiger partial charge in [0.1, 0.15) is 0 Å². The summed E-state index contributed by atoms with van der Waals surface area (Å²) < 4.78 is 6.43. The van der Waals surface area contributed by atoms with Crippen LogP contribution in [-0.2, 0) is 10.3 Å². The second kappa shape index (κ2) is 8.85. The van der Waals surface area contributed by atoms with Crippen molar-refractivity contribution in [2.24, 2.45) is 5.92 Å². The topological polar surface area (TPSA) is 32.7 Å². The zero-order valence-corrected chi connectivity index (χ0v) is 17.0. The molecule has 1 fully saturated rings. The van der Waals surface area contributed by atoms with Crippen LogP contribution in [0.1, 0.15) is 58.9 Å². The third-order valence-electron chi connectivity index (χ3n) is 5.42. The van der Waals surface area contributed by atoms with E-state index in [0.29, 0.717) is 12.5 Å². The largest absolute Gasteiger partial charge is 0.394 e. The standard InChI is InChI=1S/C21H34ClNO2/c1-5-11-21(25-14-13-24,17-8-6-10-19(22)15-17)18-9-7-12-23(16-18)20(2,3)4/h6,8,10,15,18,24H,5,7,9,11-14,16H2,1-4H3/t18-,21+/m1/s1. The molecule has 0 amide bonds. The lowest BCUT2D eigenvalue weighted by atomic mass is 9.73. The molecule has 3 nitrogen and oxygen atoms in total. The lowest BCUT2D eigenvalue weighted by molar-refractivity contribution is -0.129. The first-order valence-electron chi connectivity index (χ1n) is 9.59. The summed E-state index contributed by atoms with van der Waals surface area (Å²) in [7, 11) is 0. The van der Waals surface area contributed by atoms with Crippen molar-refractivity contribution in [1.82, 2.24) is 4.90 Å². The summed E-state index contributed by atoms with van der Waals surface area (Å²) >= 11 is 6.31. The van der Waals surface area contributed by atoms with Gasteiger partial charge in [-0.05, 0) is 64.3 Å². The average Bonchev–Trinajstić information content (AvgIpc) is 2.58. The Bertz CT molecular complexity index is 543. The molecule has 1 heterocycles. The number of hydrogen-bond acceptors (Lipinski definition) is 3. The fraction of sp³-hybridized carbons (Fsp3) is 0.714. The molecule has 2 rings (SSSR count). The summed E-state index contributed by atoms with van der Waals surface area (Å²) in [6.45, 7) is 11.6. The molecule has 1 aromatic carbocycles. The second-order valence-electron chi connectivity index (χ2n) is 8.18. The molecule has 0 bridgehead atoms. The van der Waals surface area contributed by atoms with Gasteiger partial charge in [0, 0.05) is 23.0 Å². The van der Waals surface area contributed by atoms with Crippen molar-refractivity contribution >= 4 is 11.6 Å². The van der Waals surface area contributed by atoms with Crippen molar-refractivity contribution in [2.75, 3.05) is 26.3 Å². The van der Waals surface area contributed by atoms with Crippen LogP contribution in [0, 0.1) is 5.92 Å². The Morgan fingerprint density at radius 2 is 2.08 bits per heavy atom. The van der Waals surface area contributed by atoms with E-state index in [1.165, 1.54) is 6.42 Å². The average molecular weight is 368 g/mol. The van der Waals surface area contributed by atoms with E-state index in [4.69, 9.17) is 16.3 Å². The van der Waals surface area contributed by atoms with E-state index >= 15 is 0 Å². The molecule has 0 aromatic heterocycles.